The number of anilines is 1. The van der Waals surface area contributed by atoms with Crippen LogP contribution in [0.25, 0.3) is 0 Å². The Balaban J connectivity index is 1.79. The Labute approximate surface area is 185 Å². The van der Waals surface area contributed by atoms with Crippen LogP contribution in [0.5, 0.6) is 11.5 Å². The maximum atomic E-state index is 13.3. The smallest absolute Gasteiger partial charge is 0.225 e. The topological polar surface area (TPSA) is 81.7 Å². The van der Waals surface area contributed by atoms with Gasteiger partial charge in [0.25, 0.3) is 0 Å². The Hall–Kier alpha value is -2.84. The summed E-state index contributed by atoms with van der Waals surface area (Å²) in [7, 11) is -2.20. The van der Waals surface area contributed by atoms with Crippen molar-refractivity contribution >= 4 is 32.8 Å². The van der Waals surface area contributed by atoms with E-state index in [-0.39, 0.29) is 28.0 Å². The second-order valence-electron chi connectivity index (χ2n) is 7.31. The van der Waals surface area contributed by atoms with Crippen LogP contribution in [0, 0.1) is 6.92 Å². The van der Waals surface area contributed by atoms with Gasteiger partial charge in [0, 0.05) is 22.6 Å². The van der Waals surface area contributed by atoms with Crippen molar-refractivity contribution in [2.45, 2.75) is 36.0 Å². The lowest BCUT2D eigenvalue weighted by Crippen LogP contribution is -2.23. The summed E-state index contributed by atoms with van der Waals surface area (Å²) in [4.78, 5) is 13.7. The van der Waals surface area contributed by atoms with Gasteiger partial charge in [0.1, 0.15) is 4.90 Å². The van der Waals surface area contributed by atoms with Gasteiger partial charge in [-0.1, -0.05) is 18.2 Å². The Morgan fingerprint density at radius 1 is 1.16 bits per heavy atom. The Bertz CT molecular complexity index is 1250. The largest absolute Gasteiger partial charge is 0.493 e. The van der Waals surface area contributed by atoms with Crippen molar-refractivity contribution in [1.82, 2.24) is 0 Å². The minimum absolute atomic E-state index is 0.133. The van der Waals surface area contributed by atoms with Gasteiger partial charge in [0.15, 0.2) is 11.5 Å². The van der Waals surface area contributed by atoms with E-state index in [2.05, 4.69) is 5.32 Å². The average molecular weight is 458 g/mol. The third kappa shape index (κ3) is 3.93. The van der Waals surface area contributed by atoms with Crippen molar-refractivity contribution < 1.29 is 22.7 Å². The van der Waals surface area contributed by atoms with E-state index in [1.807, 2.05) is 38.1 Å². The second-order valence-corrected chi connectivity index (χ2v) is 10.1. The van der Waals surface area contributed by atoms with Crippen molar-refractivity contribution in [3.8, 4) is 11.5 Å². The minimum atomic E-state index is -3.76. The van der Waals surface area contributed by atoms with Crippen LogP contribution in [0.4, 0.5) is 5.69 Å². The highest BCUT2D eigenvalue weighted by atomic mass is 32.2. The van der Waals surface area contributed by atoms with Gasteiger partial charge in [0.2, 0.25) is 15.7 Å². The van der Waals surface area contributed by atoms with Crippen LogP contribution in [0.15, 0.2) is 57.6 Å². The number of hydrogen-bond donors (Lipinski definition) is 1. The first kappa shape index (κ1) is 21.4. The monoisotopic (exact) mass is 457 g/mol. The van der Waals surface area contributed by atoms with Gasteiger partial charge < -0.3 is 14.8 Å². The molecule has 1 N–H and O–H groups in total. The first-order chi connectivity index (χ1) is 14.8. The predicted octanol–water partition coefficient (Wildman–Crippen LogP) is 4.77. The highest BCUT2D eigenvalue weighted by Gasteiger charge is 2.34. The van der Waals surface area contributed by atoms with E-state index in [0.29, 0.717) is 23.8 Å². The summed E-state index contributed by atoms with van der Waals surface area (Å²) in [5.41, 5.74) is 2.10. The van der Waals surface area contributed by atoms with Crippen LogP contribution >= 0.6 is 11.3 Å². The number of hydrogen-bond acceptors (Lipinski definition) is 6. The molecule has 0 spiro atoms. The summed E-state index contributed by atoms with van der Waals surface area (Å²) in [5, 5.41) is 4.41. The number of benzene rings is 2. The molecule has 0 saturated heterocycles. The molecule has 2 heterocycles. The number of carbonyl (C=O) groups excluding carboxylic acids is 1. The molecule has 0 saturated carbocycles. The maximum Gasteiger partial charge on any atom is 0.225 e. The first-order valence-corrected chi connectivity index (χ1v) is 12.2. The fourth-order valence-electron chi connectivity index (χ4n) is 3.76. The first-order valence-electron chi connectivity index (χ1n) is 9.89. The number of nitrogens with one attached hydrogen (secondary N) is 1. The van der Waals surface area contributed by atoms with Crippen LogP contribution < -0.4 is 14.8 Å². The van der Waals surface area contributed by atoms with Crippen molar-refractivity contribution in [1.29, 1.82) is 0 Å². The minimum Gasteiger partial charge on any atom is -0.493 e. The number of thiophene rings is 1. The molecule has 0 aliphatic carbocycles. The molecular formula is C23H23NO5S2. The molecule has 0 radical (unpaired) electrons. The number of amides is 1. The Kier molecular flexibility index (Phi) is 5.77. The van der Waals surface area contributed by atoms with Gasteiger partial charge in [-0.25, -0.2) is 8.42 Å². The number of methoxy groups -OCH3 is 1. The molecule has 2 aromatic carbocycles. The van der Waals surface area contributed by atoms with E-state index >= 15 is 0 Å². The summed E-state index contributed by atoms with van der Waals surface area (Å²) >= 11 is 1.34. The van der Waals surface area contributed by atoms with Gasteiger partial charge in [-0.05, 0) is 49.2 Å². The van der Waals surface area contributed by atoms with Crippen LogP contribution in [0.1, 0.15) is 35.3 Å². The fourth-order valence-corrected chi connectivity index (χ4v) is 6.77. The van der Waals surface area contributed by atoms with Gasteiger partial charge in [-0.15, -0.1) is 11.3 Å². The van der Waals surface area contributed by atoms with E-state index in [1.165, 1.54) is 11.3 Å². The Morgan fingerprint density at radius 2 is 1.97 bits per heavy atom. The molecule has 31 heavy (non-hydrogen) atoms. The van der Waals surface area contributed by atoms with Crippen molar-refractivity contribution in [3.05, 3.63) is 63.8 Å². The number of ether oxygens (including phenoxy) is 2. The molecule has 0 bridgehead atoms. The van der Waals surface area contributed by atoms with Crippen LogP contribution in [0.2, 0.25) is 0 Å². The average Bonchev–Trinajstić information content (AvgIpc) is 3.18. The van der Waals surface area contributed by atoms with Crippen LogP contribution in [-0.2, 0) is 14.6 Å². The van der Waals surface area contributed by atoms with Gasteiger partial charge >= 0.3 is 0 Å². The summed E-state index contributed by atoms with van der Waals surface area (Å²) in [6, 6.07) is 12.3. The Morgan fingerprint density at radius 3 is 2.68 bits per heavy atom. The zero-order valence-corrected chi connectivity index (χ0v) is 19.1. The van der Waals surface area contributed by atoms with E-state index < -0.39 is 9.84 Å². The zero-order chi connectivity index (χ0) is 22.2. The lowest BCUT2D eigenvalue weighted by atomic mass is 9.90. The third-order valence-corrected chi connectivity index (χ3v) is 8.26. The lowest BCUT2D eigenvalue weighted by molar-refractivity contribution is -0.116. The van der Waals surface area contributed by atoms with Crippen LogP contribution in [0.3, 0.4) is 0 Å². The molecule has 1 amide bonds. The van der Waals surface area contributed by atoms with E-state index in [4.69, 9.17) is 9.47 Å². The molecule has 1 unspecified atom stereocenters. The molecule has 6 nitrogen and oxygen atoms in total. The fraction of sp³-hybridized carbons (Fsp3) is 0.261. The zero-order valence-electron chi connectivity index (χ0n) is 17.5. The number of aryl methyl sites for hydroxylation is 1. The number of rotatable bonds is 6. The maximum absolute atomic E-state index is 13.3. The quantitative estimate of drug-likeness (QED) is 0.577. The van der Waals surface area contributed by atoms with Gasteiger partial charge in [-0.3, -0.25) is 4.79 Å². The highest BCUT2D eigenvalue weighted by molar-refractivity contribution is 7.91. The molecule has 3 aromatic rings. The molecule has 1 aliphatic rings. The summed E-state index contributed by atoms with van der Waals surface area (Å²) in [5.74, 6) is 0.725. The summed E-state index contributed by atoms with van der Waals surface area (Å²) < 4.78 is 37.7. The summed E-state index contributed by atoms with van der Waals surface area (Å²) in [6.07, 6.45) is 0.231. The molecule has 1 aromatic heterocycles. The van der Waals surface area contributed by atoms with Gasteiger partial charge in [0.05, 0.1) is 24.3 Å². The van der Waals surface area contributed by atoms with E-state index in [1.54, 1.807) is 30.7 Å². The molecule has 162 valence electrons. The molecule has 0 fully saturated rings. The number of fused-ring (bicyclic) bond motifs is 1. The highest BCUT2D eigenvalue weighted by Crippen LogP contribution is 2.47. The van der Waals surface area contributed by atoms with E-state index in [0.717, 1.165) is 16.0 Å². The van der Waals surface area contributed by atoms with Crippen molar-refractivity contribution in [2.24, 2.45) is 0 Å². The molecule has 1 aliphatic heterocycles. The molecule has 4 rings (SSSR count). The predicted molar refractivity (Wildman–Crippen MR) is 120 cm³/mol. The number of sulfone groups is 1. The third-order valence-electron chi connectivity index (χ3n) is 5.24. The number of carbonyl (C=O) groups is 1. The molecule has 1 atom stereocenters. The van der Waals surface area contributed by atoms with Crippen molar-refractivity contribution in [3.63, 3.8) is 0 Å². The van der Waals surface area contributed by atoms with Crippen molar-refractivity contribution in [2.75, 3.05) is 19.0 Å². The standard InChI is InChI=1S/C23H23NO5S2/c1-4-29-18-9-8-15(11-19(18)28-3)17-12-21(25)24-22-20(13-30-23(17)22)31(26,27)16-7-5-6-14(2)10-16/h5-11,13,17H,4,12H2,1-3H3,(H,24,25). The SMILES string of the molecule is CCOc1ccc(C2CC(=O)Nc3c(S(=O)(=O)c4cccc(C)c4)csc32)cc1OC. The van der Waals surface area contributed by atoms with Crippen LogP contribution in [-0.4, -0.2) is 28.0 Å². The van der Waals surface area contributed by atoms with Gasteiger partial charge in [-0.2, -0.15) is 0 Å². The molecule has 8 heteroatoms. The second kappa shape index (κ2) is 8.36. The van der Waals surface area contributed by atoms with E-state index in [9.17, 15) is 13.2 Å². The normalized spacial score (nSPS) is 15.8. The molecular weight excluding hydrogens is 434 g/mol. The summed E-state index contributed by atoms with van der Waals surface area (Å²) in [6.45, 7) is 4.25. The lowest BCUT2D eigenvalue weighted by Gasteiger charge is -2.24.